The number of nitrogens with zero attached hydrogens (tertiary/aromatic N) is 2. The number of benzene rings is 1. The van der Waals surface area contributed by atoms with E-state index >= 15 is 0 Å². The molecule has 1 unspecified atom stereocenters. The molecule has 5 nitrogen and oxygen atoms in total. The summed E-state index contributed by atoms with van der Waals surface area (Å²) in [7, 11) is 0. The van der Waals surface area contributed by atoms with Gasteiger partial charge in [0.1, 0.15) is 5.82 Å². The van der Waals surface area contributed by atoms with Crippen molar-refractivity contribution in [2.24, 2.45) is 0 Å². The molecule has 2 aromatic heterocycles. The van der Waals surface area contributed by atoms with Gasteiger partial charge in [-0.3, -0.25) is 9.78 Å². The van der Waals surface area contributed by atoms with Gasteiger partial charge >= 0.3 is 0 Å². The van der Waals surface area contributed by atoms with E-state index in [4.69, 9.17) is 0 Å². The highest BCUT2D eigenvalue weighted by Gasteiger charge is 2.19. The summed E-state index contributed by atoms with van der Waals surface area (Å²) in [4.78, 5) is 21.4. The predicted octanol–water partition coefficient (Wildman–Crippen LogP) is 3.82. The van der Waals surface area contributed by atoms with Gasteiger partial charge in [-0.15, -0.1) is 0 Å². The van der Waals surface area contributed by atoms with E-state index in [-0.39, 0.29) is 18.0 Å². The molecule has 132 valence electrons. The van der Waals surface area contributed by atoms with Crippen molar-refractivity contribution in [1.82, 2.24) is 15.3 Å². The van der Waals surface area contributed by atoms with Gasteiger partial charge in [-0.25, -0.2) is 4.98 Å². The minimum absolute atomic E-state index is 0.187. The first-order valence-electron chi connectivity index (χ1n) is 8.63. The summed E-state index contributed by atoms with van der Waals surface area (Å²) >= 11 is 0. The average molecular weight is 346 g/mol. The fraction of sp³-hybridized carbons (Fsp3) is 0.190. The molecule has 0 saturated carbocycles. The quantitative estimate of drug-likeness (QED) is 0.712. The topological polar surface area (TPSA) is 66.9 Å². The first-order valence-corrected chi connectivity index (χ1v) is 8.63. The second-order valence-corrected chi connectivity index (χ2v) is 6.30. The molecular weight excluding hydrogens is 324 g/mol. The summed E-state index contributed by atoms with van der Waals surface area (Å²) in [6.45, 7) is 4.08. The van der Waals surface area contributed by atoms with Crippen LogP contribution in [0.4, 0.5) is 5.82 Å². The van der Waals surface area contributed by atoms with Crippen molar-refractivity contribution >= 4 is 11.7 Å². The van der Waals surface area contributed by atoms with Gasteiger partial charge in [0.25, 0.3) is 5.91 Å². The van der Waals surface area contributed by atoms with E-state index in [1.54, 1.807) is 18.5 Å². The van der Waals surface area contributed by atoms with Crippen molar-refractivity contribution in [3.05, 3.63) is 89.9 Å². The Hall–Kier alpha value is -3.21. The van der Waals surface area contributed by atoms with Gasteiger partial charge < -0.3 is 10.6 Å². The van der Waals surface area contributed by atoms with Crippen LogP contribution in [0, 0.1) is 0 Å². The third-order valence-electron chi connectivity index (χ3n) is 3.85. The zero-order valence-electron chi connectivity index (χ0n) is 14.9. The molecule has 0 radical (unpaired) electrons. The molecule has 0 aliphatic rings. The number of anilines is 1. The minimum atomic E-state index is -0.321. The van der Waals surface area contributed by atoms with Crippen LogP contribution >= 0.6 is 0 Å². The number of pyridine rings is 2. The summed E-state index contributed by atoms with van der Waals surface area (Å²) in [6, 6.07) is 19.0. The zero-order chi connectivity index (χ0) is 18.4. The minimum Gasteiger partial charge on any atom is -0.368 e. The van der Waals surface area contributed by atoms with E-state index < -0.39 is 0 Å². The molecule has 0 spiro atoms. The lowest BCUT2D eigenvalue weighted by Crippen LogP contribution is -2.30. The monoisotopic (exact) mass is 346 g/mol. The summed E-state index contributed by atoms with van der Waals surface area (Å²) in [6.07, 6.45) is 3.31. The van der Waals surface area contributed by atoms with Crippen molar-refractivity contribution in [3.8, 4) is 0 Å². The van der Waals surface area contributed by atoms with Gasteiger partial charge in [-0.2, -0.15) is 0 Å². The van der Waals surface area contributed by atoms with E-state index in [2.05, 4.69) is 20.6 Å². The molecule has 3 aromatic rings. The largest absolute Gasteiger partial charge is 0.368 e. The maximum Gasteiger partial charge on any atom is 0.253 e. The number of carbonyl (C=O) groups excluding carboxylic acids is 1. The van der Waals surface area contributed by atoms with E-state index in [1.807, 2.05) is 68.4 Å². The van der Waals surface area contributed by atoms with Crippen molar-refractivity contribution in [1.29, 1.82) is 0 Å². The molecule has 0 saturated heterocycles. The lowest BCUT2D eigenvalue weighted by Gasteiger charge is -2.19. The van der Waals surface area contributed by atoms with Gasteiger partial charge in [0.05, 0.1) is 17.3 Å². The molecule has 0 aliphatic heterocycles. The zero-order valence-corrected chi connectivity index (χ0v) is 14.9. The molecule has 3 rings (SSSR count). The summed E-state index contributed by atoms with van der Waals surface area (Å²) in [5.41, 5.74) is 2.28. The Morgan fingerprint density at radius 3 is 2.31 bits per heavy atom. The van der Waals surface area contributed by atoms with Crippen molar-refractivity contribution < 1.29 is 4.79 Å². The number of hydrogen-bond acceptors (Lipinski definition) is 4. The molecule has 0 bridgehead atoms. The second-order valence-electron chi connectivity index (χ2n) is 6.30. The normalized spacial score (nSPS) is 11.8. The SMILES string of the molecule is CC(C)Nc1ccc(C(=O)NC(c2ccccc2)c2ccccn2)cn1. The van der Waals surface area contributed by atoms with E-state index in [9.17, 15) is 4.79 Å². The molecule has 1 atom stereocenters. The predicted molar refractivity (Wildman–Crippen MR) is 103 cm³/mol. The Kier molecular flexibility index (Phi) is 5.59. The lowest BCUT2D eigenvalue weighted by molar-refractivity contribution is 0.0942. The van der Waals surface area contributed by atoms with Crippen molar-refractivity contribution in [2.45, 2.75) is 25.9 Å². The molecule has 0 fully saturated rings. The van der Waals surface area contributed by atoms with E-state index in [1.165, 1.54) is 0 Å². The molecular formula is C21H22N4O. The summed E-state index contributed by atoms with van der Waals surface area (Å²) < 4.78 is 0. The van der Waals surface area contributed by atoms with Crippen LogP contribution in [0.1, 0.15) is 41.5 Å². The highest BCUT2D eigenvalue weighted by molar-refractivity contribution is 5.94. The Bertz CT molecular complexity index is 793. The van der Waals surface area contributed by atoms with Gasteiger partial charge in [0.2, 0.25) is 0 Å². The molecule has 26 heavy (non-hydrogen) atoms. The Labute approximate surface area is 153 Å². The standard InChI is InChI=1S/C21H22N4O/c1-15(2)24-19-12-11-17(14-23-19)21(26)25-20(16-8-4-3-5-9-16)18-10-6-7-13-22-18/h3-15,20H,1-2H3,(H,23,24)(H,25,26). The number of rotatable bonds is 6. The lowest BCUT2D eigenvalue weighted by atomic mass is 10.0. The summed E-state index contributed by atoms with van der Waals surface area (Å²) in [5.74, 6) is 0.564. The van der Waals surface area contributed by atoms with Crippen LogP contribution in [0.15, 0.2) is 73.1 Å². The third kappa shape index (κ3) is 4.45. The number of hydrogen-bond donors (Lipinski definition) is 2. The molecule has 0 aliphatic carbocycles. The summed E-state index contributed by atoms with van der Waals surface area (Å²) in [5, 5.41) is 6.27. The van der Waals surface area contributed by atoms with Crippen LogP contribution in [-0.4, -0.2) is 21.9 Å². The van der Waals surface area contributed by atoms with Crippen LogP contribution in [0.3, 0.4) is 0 Å². The van der Waals surface area contributed by atoms with Crippen LogP contribution in [0.5, 0.6) is 0 Å². The number of nitrogens with one attached hydrogen (secondary N) is 2. The highest BCUT2D eigenvalue weighted by Crippen LogP contribution is 2.20. The molecule has 2 heterocycles. The van der Waals surface area contributed by atoms with E-state index in [0.717, 1.165) is 17.1 Å². The number of amides is 1. The number of aromatic nitrogens is 2. The third-order valence-corrected chi connectivity index (χ3v) is 3.85. The maximum atomic E-state index is 12.7. The van der Waals surface area contributed by atoms with Crippen LogP contribution in [0.2, 0.25) is 0 Å². The first kappa shape index (κ1) is 17.6. The fourth-order valence-electron chi connectivity index (χ4n) is 2.64. The van der Waals surface area contributed by atoms with Crippen LogP contribution in [0.25, 0.3) is 0 Å². The average Bonchev–Trinajstić information content (AvgIpc) is 2.67. The molecule has 1 aromatic carbocycles. The Balaban J connectivity index is 1.81. The van der Waals surface area contributed by atoms with Gasteiger partial charge in [-0.05, 0) is 43.7 Å². The van der Waals surface area contributed by atoms with Crippen LogP contribution < -0.4 is 10.6 Å². The van der Waals surface area contributed by atoms with Gasteiger partial charge in [0, 0.05) is 18.4 Å². The molecule has 1 amide bonds. The molecule has 5 heteroatoms. The maximum absolute atomic E-state index is 12.7. The Morgan fingerprint density at radius 1 is 0.923 bits per heavy atom. The fourth-order valence-corrected chi connectivity index (χ4v) is 2.64. The molecule has 2 N–H and O–H groups in total. The van der Waals surface area contributed by atoms with Gasteiger partial charge in [0.15, 0.2) is 0 Å². The van der Waals surface area contributed by atoms with Crippen LogP contribution in [-0.2, 0) is 0 Å². The van der Waals surface area contributed by atoms with Crippen molar-refractivity contribution in [2.75, 3.05) is 5.32 Å². The first-order chi connectivity index (χ1) is 12.6. The second kappa shape index (κ2) is 8.25. The smallest absolute Gasteiger partial charge is 0.253 e. The van der Waals surface area contributed by atoms with Gasteiger partial charge in [-0.1, -0.05) is 36.4 Å². The number of carbonyl (C=O) groups is 1. The Morgan fingerprint density at radius 2 is 1.69 bits per heavy atom. The highest BCUT2D eigenvalue weighted by atomic mass is 16.1. The van der Waals surface area contributed by atoms with E-state index in [0.29, 0.717) is 5.56 Å². The van der Waals surface area contributed by atoms with Crippen molar-refractivity contribution in [3.63, 3.8) is 0 Å².